The van der Waals surface area contributed by atoms with Gasteiger partial charge in [0.1, 0.15) is 0 Å². The standard InChI is InChI=1S/C23H20ClN5S/c24-18-10-4-1-7-15(18)22-26-27-23-29(22)13-28(14-30-23)21-16-8-2-5-11-19(16)25-20-12-6-3-9-17(20)21/h1-2,4-5,7-8,10-11H,3,6,9,12-14H2. The van der Waals surface area contributed by atoms with Crippen molar-refractivity contribution in [2.75, 3.05) is 10.8 Å². The number of hydrogen-bond acceptors (Lipinski definition) is 5. The van der Waals surface area contributed by atoms with Gasteiger partial charge in [0.05, 0.1) is 28.8 Å². The van der Waals surface area contributed by atoms with Crippen LogP contribution < -0.4 is 4.90 Å². The zero-order valence-corrected chi connectivity index (χ0v) is 18.0. The molecule has 2 aromatic heterocycles. The van der Waals surface area contributed by atoms with Crippen LogP contribution in [-0.2, 0) is 19.5 Å². The minimum atomic E-state index is 0.696. The van der Waals surface area contributed by atoms with Gasteiger partial charge in [0.15, 0.2) is 11.0 Å². The first-order chi connectivity index (χ1) is 14.8. The van der Waals surface area contributed by atoms with Crippen LogP contribution in [0.1, 0.15) is 24.1 Å². The summed E-state index contributed by atoms with van der Waals surface area (Å²) < 4.78 is 2.18. The third-order valence-corrected chi connectivity index (χ3v) is 7.28. The summed E-state index contributed by atoms with van der Waals surface area (Å²) >= 11 is 8.20. The Morgan fingerprint density at radius 2 is 1.77 bits per heavy atom. The highest BCUT2D eigenvalue weighted by Crippen LogP contribution is 2.40. The summed E-state index contributed by atoms with van der Waals surface area (Å²) in [6.45, 7) is 0.705. The van der Waals surface area contributed by atoms with Crippen LogP contribution in [-0.4, -0.2) is 25.6 Å². The van der Waals surface area contributed by atoms with E-state index in [2.05, 4.69) is 43.9 Å². The number of fused-ring (bicyclic) bond motifs is 3. The van der Waals surface area contributed by atoms with E-state index in [1.54, 1.807) is 11.8 Å². The Morgan fingerprint density at radius 3 is 2.70 bits per heavy atom. The first-order valence-corrected chi connectivity index (χ1v) is 11.6. The van der Waals surface area contributed by atoms with Gasteiger partial charge >= 0.3 is 0 Å². The van der Waals surface area contributed by atoms with Crippen molar-refractivity contribution in [3.8, 4) is 11.4 Å². The van der Waals surface area contributed by atoms with E-state index in [4.69, 9.17) is 16.6 Å². The Balaban J connectivity index is 1.49. The van der Waals surface area contributed by atoms with Crippen LogP contribution in [0.5, 0.6) is 0 Å². The second-order valence-electron chi connectivity index (χ2n) is 7.78. The van der Waals surface area contributed by atoms with Crippen molar-refractivity contribution in [1.29, 1.82) is 0 Å². The lowest BCUT2D eigenvalue weighted by Gasteiger charge is -2.34. The molecular formula is C23H20ClN5S. The van der Waals surface area contributed by atoms with Gasteiger partial charge in [-0.15, -0.1) is 10.2 Å². The number of aryl methyl sites for hydroxylation is 1. The molecule has 0 amide bonds. The fourth-order valence-corrected chi connectivity index (χ4v) is 5.66. The lowest BCUT2D eigenvalue weighted by atomic mass is 9.92. The van der Waals surface area contributed by atoms with Gasteiger partial charge in [-0.05, 0) is 49.4 Å². The van der Waals surface area contributed by atoms with Crippen LogP contribution >= 0.6 is 23.4 Å². The van der Waals surface area contributed by atoms with Gasteiger partial charge in [-0.1, -0.05) is 53.7 Å². The molecule has 0 saturated heterocycles. The molecule has 7 heteroatoms. The number of pyridine rings is 1. The van der Waals surface area contributed by atoms with Crippen LogP contribution in [0.3, 0.4) is 0 Å². The predicted octanol–water partition coefficient (Wildman–Crippen LogP) is 5.55. The number of benzene rings is 2. The molecule has 0 fully saturated rings. The fraction of sp³-hybridized carbons (Fsp3) is 0.261. The molecule has 2 aliphatic rings. The van der Waals surface area contributed by atoms with Crippen molar-refractivity contribution in [2.24, 2.45) is 0 Å². The lowest BCUT2D eigenvalue weighted by Crippen LogP contribution is -2.32. The van der Waals surface area contributed by atoms with Crippen molar-refractivity contribution in [3.63, 3.8) is 0 Å². The lowest BCUT2D eigenvalue weighted by molar-refractivity contribution is 0.601. The monoisotopic (exact) mass is 433 g/mol. The molecule has 5 nitrogen and oxygen atoms in total. The maximum atomic E-state index is 6.47. The quantitative estimate of drug-likeness (QED) is 0.414. The van der Waals surface area contributed by atoms with E-state index in [9.17, 15) is 0 Å². The summed E-state index contributed by atoms with van der Waals surface area (Å²) in [4.78, 5) is 7.45. The van der Waals surface area contributed by atoms with Crippen LogP contribution in [0, 0.1) is 0 Å². The Kier molecular flexibility index (Phi) is 4.43. The average molecular weight is 434 g/mol. The number of halogens is 1. The van der Waals surface area contributed by atoms with E-state index in [1.165, 1.54) is 35.2 Å². The number of thioether (sulfide) groups is 1. The molecule has 0 bridgehead atoms. The zero-order chi connectivity index (χ0) is 20.1. The maximum Gasteiger partial charge on any atom is 0.194 e. The molecule has 0 radical (unpaired) electrons. The molecule has 0 N–H and O–H groups in total. The van der Waals surface area contributed by atoms with Crippen molar-refractivity contribution < 1.29 is 0 Å². The van der Waals surface area contributed by atoms with Gasteiger partial charge in [-0.3, -0.25) is 9.55 Å². The molecular weight excluding hydrogens is 414 g/mol. The molecule has 0 spiro atoms. The SMILES string of the molecule is Clc1ccccc1-c1nnc2n1CN(c1c3c(nc4ccccc14)CCCC3)CS2. The molecule has 3 heterocycles. The molecule has 0 unspecified atom stereocenters. The summed E-state index contributed by atoms with van der Waals surface area (Å²) in [6.07, 6.45) is 4.61. The van der Waals surface area contributed by atoms with Gasteiger partial charge in [0.25, 0.3) is 0 Å². The summed E-state index contributed by atoms with van der Waals surface area (Å²) in [5.74, 6) is 1.67. The van der Waals surface area contributed by atoms with Crippen LogP contribution in [0.2, 0.25) is 5.02 Å². The first-order valence-electron chi connectivity index (χ1n) is 10.3. The number of rotatable bonds is 2. The molecule has 0 saturated carbocycles. The summed E-state index contributed by atoms with van der Waals surface area (Å²) in [7, 11) is 0. The highest BCUT2D eigenvalue weighted by Gasteiger charge is 2.28. The van der Waals surface area contributed by atoms with E-state index >= 15 is 0 Å². The maximum absolute atomic E-state index is 6.47. The van der Waals surface area contributed by atoms with E-state index in [0.29, 0.717) is 11.7 Å². The molecule has 0 atom stereocenters. The highest BCUT2D eigenvalue weighted by molar-refractivity contribution is 7.99. The Labute approximate surface area is 184 Å². The third kappa shape index (κ3) is 2.89. The molecule has 6 rings (SSSR count). The van der Waals surface area contributed by atoms with Gasteiger partial charge in [-0.25, -0.2) is 0 Å². The Morgan fingerprint density at radius 1 is 0.933 bits per heavy atom. The molecule has 2 aromatic carbocycles. The normalized spacial score (nSPS) is 15.8. The average Bonchev–Trinajstić information content (AvgIpc) is 3.21. The molecule has 30 heavy (non-hydrogen) atoms. The molecule has 1 aliphatic carbocycles. The highest BCUT2D eigenvalue weighted by atomic mass is 35.5. The van der Waals surface area contributed by atoms with Gasteiger partial charge in [0.2, 0.25) is 0 Å². The van der Waals surface area contributed by atoms with Crippen LogP contribution in [0.4, 0.5) is 5.69 Å². The van der Waals surface area contributed by atoms with Crippen molar-refractivity contribution in [1.82, 2.24) is 19.7 Å². The molecule has 4 aromatic rings. The van der Waals surface area contributed by atoms with Gasteiger partial charge < -0.3 is 4.90 Å². The number of hydrogen-bond donors (Lipinski definition) is 0. The topological polar surface area (TPSA) is 46.8 Å². The van der Waals surface area contributed by atoms with E-state index in [0.717, 1.165) is 40.8 Å². The minimum Gasteiger partial charge on any atom is -0.343 e. The number of aromatic nitrogens is 4. The number of para-hydroxylation sites is 1. The van der Waals surface area contributed by atoms with Gasteiger partial charge in [-0.2, -0.15) is 0 Å². The Hall–Kier alpha value is -2.57. The zero-order valence-electron chi connectivity index (χ0n) is 16.4. The molecule has 1 aliphatic heterocycles. The number of anilines is 1. The van der Waals surface area contributed by atoms with E-state index < -0.39 is 0 Å². The van der Waals surface area contributed by atoms with E-state index in [1.807, 2.05) is 24.3 Å². The predicted molar refractivity (Wildman–Crippen MR) is 122 cm³/mol. The van der Waals surface area contributed by atoms with Crippen LogP contribution in [0.15, 0.2) is 53.7 Å². The summed E-state index contributed by atoms with van der Waals surface area (Å²) in [6, 6.07) is 16.4. The second-order valence-corrected chi connectivity index (χ2v) is 9.10. The second kappa shape index (κ2) is 7.29. The number of nitrogens with zero attached hydrogens (tertiary/aromatic N) is 5. The van der Waals surface area contributed by atoms with Crippen molar-refractivity contribution in [2.45, 2.75) is 37.5 Å². The van der Waals surface area contributed by atoms with E-state index in [-0.39, 0.29) is 0 Å². The molecule has 150 valence electrons. The fourth-order valence-electron chi connectivity index (χ4n) is 4.56. The van der Waals surface area contributed by atoms with Crippen LogP contribution in [0.25, 0.3) is 22.3 Å². The third-order valence-electron chi connectivity index (χ3n) is 5.95. The van der Waals surface area contributed by atoms with Crippen molar-refractivity contribution in [3.05, 3.63) is 64.8 Å². The Bertz CT molecular complexity index is 1270. The smallest absolute Gasteiger partial charge is 0.194 e. The first kappa shape index (κ1) is 18.2. The summed E-state index contributed by atoms with van der Waals surface area (Å²) in [5, 5.41) is 11.8. The minimum absolute atomic E-state index is 0.696. The van der Waals surface area contributed by atoms with Gasteiger partial charge in [0, 0.05) is 16.6 Å². The van der Waals surface area contributed by atoms with Crippen molar-refractivity contribution >= 4 is 40.0 Å². The summed E-state index contributed by atoms with van der Waals surface area (Å²) in [5.41, 5.74) is 6.01. The largest absolute Gasteiger partial charge is 0.343 e.